The van der Waals surface area contributed by atoms with E-state index in [0.29, 0.717) is 25.8 Å². The normalized spacial score (nSPS) is 13.2. The lowest BCUT2D eigenvalue weighted by atomic mass is 10.1. The number of carbonyl (C=O) groups excluding carboxylic acids is 5. The third-order valence-electron chi connectivity index (χ3n) is 6.80. The van der Waals surface area contributed by atoms with E-state index in [9.17, 15) is 24.0 Å². The van der Waals surface area contributed by atoms with Crippen LogP contribution in [0.5, 0.6) is 0 Å². The van der Waals surface area contributed by atoms with Crippen molar-refractivity contribution in [2.75, 3.05) is 6.54 Å². The second-order valence-corrected chi connectivity index (χ2v) is 15.3. The van der Waals surface area contributed by atoms with E-state index in [-0.39, 0.29) is 25.2 Å². The first-order valence-electron chi connectivity index (χ1n) is 17.7. The van der Waals surface area contributed by atoms with Gasteiger partial charge in [0, 0.05) is 19.4 Å². The maximum atomic E-state index is 13.1. The summed E-state index contributed by atoms with van der Waals surface area (Å²) in [6.45, 7) is 18.2. The molecule has 0 heterocycles. The molecular weight excluding hydrogens is 602 g/mol. The van der Waals surface area contributed by atoms with Gasteiger partial charge in [-0.3, -0.25) is 9.59 Å². The zero-order valence-electron chi connectivity index (χ0n) is 31.2. The summed E-state index contributed by atoms with van der Waals surface area (Å²) in [5, 5.41) is 8.14. The first-order valence-corrected chi connectivity index (χ1v) is 17.7. The van der Waals surface area contributed by atoms with Crippen molar-refractivity contribution in [1.29, 1.82) is 0 Å². The van der Waals surface area contributed by atoms with Gasteiger partial charge in [0.2, 0.25) is 5.91 Å². The van der Waals surface area contributed by atoms with E-state index in [2.05, 4.69) is 22.9 Å². The summed E-state index contributed by atoms with van der Waals surface area (Å²) in [5.41, 5.74) is -2.29. The molecule has 3 N–H and O–H groups in total. The molecule has 0 aromatic heterocycles. The number of ether oxygens (including phenoxy) is 3. The second-order valence-electron chi connectivity index (χ2n) is 15.3. The van der Waals surface area contributed by atoms with Crippen molar-refractivity contribution in [3.63, 3.8) is 0 Å². The van der Waals surface area contributed by atoms with E-state index in [1.165, 1.54) is 38.5 Å². The van der Waals surface area contributed by atoms with Crippen LogP contribution in [-0.4, -0.2) is 65.3 Å². The summed E-state index contributed by atoms with van der Waals surface area (Å²) < 4.78 is 16.3. The molecule has 0 spiro atoms. The van der Waals surface area contributed by atoms with Crippen LogP contribution in [0, 0.1) is 0 Å². The van der Waals surface area contributed by atoms with Crippen LogP contribution in [0.1, 0.15) is 166 Å². The van der Waals surface area contributed by atoms with Crippen molar-refractivity contribution >= 4 is 29.8 Å². The van der Waals surface area contributed by atoms with E-state index in [4.69, 9.17) is 14.2 Å². The summed E-state index contributed by atoms with van der Waals surface area (Å²) in [4.78, 5) is 63.5. The van der Waals surface area contributed by atoms with Crippen LogP contribution in [0.25, 0.3) is 0 Å². The number of esters is 3. The molecule has 0 aliphatic rings. The Bertz CT molecular complexity index is 947. The van der Waals surface area contributed by atoms with E-state index < -0.39 is 52.8 Å². The van der Waals surface area contributed by atoms with E-state index >= 15 is 0 Å². The first-order chi connectivity index (χ1) is 21.7. The van der Waals surface area contributed by atoms with Crippen LogP contribution >= 0.6 is 0 Å². The lowest BCUT2D eigenvalue weighted by Crippen LogP contribution is -2.53. The maximum absolute atomic E-state index is 13.1. The van der Waals surface area contributed by atoms with Gasteiger partial charge in [0.25, 0.3) is 0 Å². The molecule has 11 heteroatoms. The minimum Gasteiger partial charge on any atom is -0.460 e. The molecular formula is C36H67N3O8. The fourth-order valence-electron chi connectivity index (χ4n) is 4.64. The van der Waals surface area contributed by atoms with Crippen molar-refractivity contribution in [3.05, 3.63) is 0 Å². The summed E-state index contributed by atoms with van der Waals surface area (Å²) >= 11 is 0. The molecule has 0 aliphatic heterocycles. The zero-order valence-corrected chi connectivity index (χ0v) is 31.2. The van der Waals surface area contributed by atoms with Gasteiger partial charge in [-0.25, -0.2) is 14.4 Å². The summed E-state index contributed by atoms with van der Waals surface area (Å²) in [6, 6.07) is -2.91. The molecule has 47 heavy (non-hydrogen) atoms. The fourth-order valence-corrected chi connectivity index (χ4v) is 4.64. The fraction of sp³-hybridized carbons (Fsp3) is 0.861. The van der Waals surface area contributed by atoms with E-state index in [1.54, 1.807) is 62.3 Å². The van der Waals surface area contributed by atoms with Gasteiger partial charge in [0.15, 0.2) is 0 Å². The van der Waals surface area contributed by atoms with Crippen LogP contribution in [0.3, 0.4) is 0 Å². The second kappa shape index (κ2) is 22.7. The molecule has 0 unspecified atom stereocenters. The Balaban J connectivity index is 4.98. The number of amides is 3. The highest BCUT2D eigenvalue weighted by Gasteiger charge is 2.31. The van der Waals surface area contributed by atoms with Gasteiger partial charge in [-0.1, -0.05) is 58.3 Å². The molecule has 2 atom stereocenters. The van der Waals surface area contributed by atoms with Crippen LogP contribution in [0.2, 0.25) is 0 Å². The number of nitrogens with one attached hydrogen (secondary N) is 3. The molecule has 274 valence electrons. The lowest BCUT2D eigenvalue weighted by molar-refractivity contribution is -0.159. The molecule has 3 amide bonds. The third kappa shape index (κ3) is 26.9. The minimum atomic E-state index is -1.15. The minimum absolute atomic E-state index is 0.0220. The molecule has 0 rings (SSSR count). The van der Waals surface area contributed by atoms with Crippen LogP contribution < -0.4 is 16.0 Å². The van der Waals surface area contributed by atoms with Crippen LogP contribution in [0.15, 0.2) is 0 Å². The van der Waals surface area contributed by atoms with Gasteiger partial charge in [0.1, 0.15) is 28.9 Å². The van der Waals surface area contributed by atoms with Gasteiger partial charge < -0.3 is 30.2 Å². The smallest absolute Gasteiger partial charge is 0.329 e. The maximum Gasteiger partial charge on any atom is 0.329 e. The average molecular weight is 670 g/mol. The summed E-state index contributed by atoms with van der Waals surface area (Å²) in [7, 11) is 0. The summed E-state index contributed by atoms with van der Waals surface area (Å²) in [5.74, 6) is -1.80. The van der Waals surface area contributed by atoms with Gasteiger partial charge in [-0.15, -0.1) is 0 Å². The predicted octanol–water partition coefficient (Wildman–Crippen LogP) is 7.04. The predicted molar refractivity (Wildman–Crippen MR) is 185 cm³/mol. The Morgan fingerprint density at radius 1 is 0.532 bits per heavy atom. The van der Waals surface area contributed by atoms with Gasteiger partial charge in [0.05, 0.1) is 0 Å². The molecule has 0 fully saturated rings. The van der Waals surface area contributed by atoms with E-state index in [1.807, 2.05) is 0 Å². The number of urea groups is 1. The lowest BCUT2D eigenvalue weighted by Gasteiger charge is -2.27. The standard InChI is InChI=1S/C36H67N3O8/c1-11-12-13-14-15-16-17-18-19-23-29(40)37-26-21-20-22-27(31(42)46-35(5,6)7)38-33(44)39-28(32(43)47-36(8,9)10)24-25-30(41)45-34(2,3)4/h27-28H,11-26H2,1-10H3,(H,37,40)(H2,38,39,44)/t27-,28-/m0/s1. The SMILES string of the molecule is CCCCCCCCCCCC(=O)NCCCC[C@H](NC(=O)N[C@@H](CCC(=O)OC(C)(C)C)C(=O)OC(C)(C)C)C(=O)OC(C)(C)C. The van der Waals surface area contributed by atoms with Crippen LogP contribution in [-0.2, 0) is 33.4 Å². The molecule has 0 saturated heterocycles. The Labute approximate surface area is 284 Å². The number of rotatable bonds is 22. The number of hydrogen-bond acceptors (Lipinski definition) is 8. The Hall–Kier alpha value is -2.85. The van der Waals surface area contributed by atoms with Crippen molar-refractivity contribution in [2.24, 2.45) is 0 Å². The molecule has 0 aromatic rings. The highest BCUT2D eigenvalue weighted by atomic mass is 16.6. The van der Waals surface area contributed by atoms with Crippen molar-refractivity contribution in [3.8, 4) is 0 Å². The highest BCUT2D eigenvalue weighted by Crippen LogP contribution is 2.15. The molecule has 0 radical (unpaired) electrons. The van der Waals surface area contributed by atoms with Gasteiger partial charge >= 0.3 is 23.9 Å². The molecule has 0 saturated carbocycles. The summed E-state index contributed by atoms with van der Waals surface area (Å²) in [6.07, 6.45) is 12.5. The third-order valence-corrected chi connectivity index (χ3v) is 6.80. The Morgan fingerprint density at radius 2 is 0.979 bits per heavy atom. The highest BCUT2D eigenvalue weighted by molar-refractivity contribution is 5.87. The van der Waals surface area contributed by atoms with Gasteiger partial charge in [-0.2, -0.15) is 0 Å². The number of hydrogen-bond donors (Lipinski definition) is 3. The van der Waals surface area contributed by atoms with Crippen molar-refractivity contribution < 1.29 is 38.2 Å². The number of carbonyl (C=O) groups is 5. The number of unbranched alkanes of at least 4 members (excludes halogenated alkanes) is 9. The Kier molecular flexibility index (Phi) is 21.3. The van der Waals surface area contributed by atoms with Gasteiger partial charge in [-0.05, 0) is 94.4 Å². The monoisotopic (exact) mass is 669 g/mol. The van der Waals surface area contributed by atoms with E-state index in [0.717, 1.165) is 19.3 Å². The topological polar surface area (TPSA) is 149 Å². The van der Waals surface area contributed by atoms with Crippen LogP contribution in [0.4, 0.5) is 4.79 Å². The largest absolute Gasteiger partial charge is 0.460 e. The first kappa shape index (κ1) is 44.1. The molecule has 0 aromatic carbocycles. The molecule has 0 aliphatic carbocycles. The Morgan fingerprint density at radius 3 is 1.45 bits per heavy atom. The average Bonchev–Trinajstić information content (AvgIpc) is 2.90. The zero-order chi connectivity index (χ0) is 36.1. The van der Waals surface area contributed by atoms with Crippen molar-refractivity contribution in [1.82, 2.24) is 16.0 Å². The molecule has 0 bridgehead atoms. The quantitative estimate of drug-likeness (QED) is 0.0632. The molecule has 11 nitrogen and oxygen atoms in total. The van der Waals surface area contributed by atoms with Crippen molar-refractivity contribution in [2.45, 2.75) is 194 Å².